The van der Waals surface area contributed by atoms with Crippen LogP contribution in [0.15, 0.2) is 70.7 Å². The Kier molecular flexibility index (Phi) is 7.35. The van der Waals surface area contributed by atoms with Crippen LogP contribution in [0.5, 0.6) is 0 Å². The number of hydrogen-bond donors (Lipinski definition) is 1. The molecule has 1 aromatic carbocycles. The molecule has 1 spiro atoms. The van der Waals surface area contributed by atoms with Crippen LogP contribution in [-0.2, 0) is 17.1 Å². The van der Waals surface area contributed by atoms with Crippen molar-refractivity contribution in [1.29, 1.82) is 0 Å². The van der Waals surface area contributed by atoms with Gasteiger partial charge in [-0.05, 0) is 81.4 Å². The van der Waals surface area contributed by atoms with E-state index in [-0.39, 0.29) is 28.4 Å². The fourth-order valence-electron chi connectivity index (χ4n) is 5.98. The van der Waals surface area contributed by atoms with E-state index in [9.17, 15) is 13.2 Å². The van der Waals surface area contributed by atoms with Gasteiger partial charge < -0.3 is 14.8 Å². The molecule has 3 aromatic heterocycles. The molecule has 10 heteroatoms. The summed E-state index contributed by atoms with van der Waals surface area (Å²) in [5.41, 5.74) is 2.82. The molecule has 4 aromatic rings. The van der Waals surface area contributed by atoms with Crippen molar-refractivity contribution in [2.45, 2.75) is 37.5 Å². The van der Waals surface area contributed by atoms with Crippen LogP contribution in [0, 0.1) is 12.3 Å². The maximum Gasteiger partial charge on any atom is 0.275 e. The average molecular weight is 568 g/mol. The second-order valence-corrected chi connectivity index (χ2v) is 12.6. The highest BCUT2D eigenvalue weighted by molar-refractivity contribution is 7.90. The van der Waals surface area contributed by atoms with Crippen molar-refractivity contribution < 1.29 is 8.42 Å². The van der Waals surface area contributed by atoms with E-state index in [1.807, 2.05) is 25.3 Å². The molecule has 2 saturated heterocycles. The van der Waals surface area contributed by atoms with Crippen LogP contribution >= 0.6 is 12.4 Å². The Balaban J connectivity index is 0.00000308. The predicted octanol–water partition coefficient (Wildman–Crippen LogP) is 4.34. The zero-order valence-corrected chi connectivity index (χ0v) is 23.9. The van der Waals surface area contributed by atoms with Crippen molar-refractivity contribution in [2.75, 3.05) is 31.1 Å². The Labute approximate surface area is 235 Å². The van der Waals surface area contributed by atoms with E-state index in [2.05, 4.69) is 10.2 Å². The molecule has 0 unspecified atom stereocenters. The molecule has 2 aliphatic heterocycles. The number of pyridine rings is 2. The van der Waals surface area contributed by atoms with Crippen molar-refractivity contribution in [2.24, 2.45) is 12.5 Å². The van der Waals surface area contributed by atoms with Gasteiger partial charge in [-0.15, -0.1) is 12.4 Å². The quantitative estimate of drug-likeness (QED) is 0.395. The minimum Gasteiger partial charge on any atom is -0.357 e. The first-order valence-corrected chi connectivity index (χ1v) is 14.7. The van der Waals surface area contributed by atoms with Gasteiger partial charge in [0.15, 0.2) is 0 Å². The molecule has 5 heterocycles. The minimum absolute atomic E-state index is 0. The van der Waals surface area contributed by atoms with Gasteiger partial charge in [-0.2, -0.15) is 0 Å². The molecule has 6 rings (SSSR count). The van der Waals surface area contributed by atoms with Gasteiger partial charge in [-0.1, -0.05) is 17.7 Å². The molecule has 8 nitrogen and oxygen atoms in total. The summed E-state index contributed by atoms with van der Waals surface area (Å²) >= 11 is 0. The van der Waals surface area contributed by atoms with Crippen LogP contribution in [0.4, 0.5) is 5.82 Å². The summed E-state index contributed by atoms with van der Waals surface area (Å²) in [5, 5.41) is 4.07. The predicted molar refractivity (Wildman–Crippen MR) is 157 cm³/mol. The fraction of sp³-hybridized carbons (Fsp3) is 0.379. The first-order valence-electron chi connectivity index (χ1n) is 13.2. The van der Waals surface area contributed by atoms with Crippen LogP contribution in [0.1, 0.15) is 31.2 Å². The summed E-state index contributed by atoms with van der Waals surface area (Å²) in [6.07, 6.45) is 9.97. The van der Waals surface area contributed by atoms with E-state index < -0.39 is 10.0 Å². The lowest BCUT2D eigenvalue weighted by Gasteiger charge is -2.44. The zero-order valence-electron chi connectivity index (χ0n) is 22.3. The van der Waals surface area contributed by atoms with Crippen LogP contribution in [0.25, 0.3) is 22.0 Å². The van der Waals surface area contributed by atoms with E-state index in [1.165, 1.54) is 36.4 Å². The largest absolute Gasteiger partial charge is 0.357 e. The van der Waals surface area contributed by atoms with Gasteiger partial charge in [-0.3, -0.25) is 4.79 Å². The van der Waals surface area contributed by atoms with Gasteiger partial charge in [0.1, 0.15) is 11.3 Å². The molecular weight excluding hydrogens is 534 g/mol. The second kappa shape index (κ2) is 10.4. The molecule has 0 radical (unpaired) electrons. The Morgan fingerprint density at radius 1 is 0.949 bits per heavy atom. The van der Waals surface area contributed by atoms with Gasteiger partial charge in [-0.25, -0.2) is 17.4 Å². The van der Waals surface area contributed by atoms with E-state index in [1.54, 1.807) is 43.6 Å². The monoisotopic (exact) mass is 567 g/mol. The summed E-state index contributed by atoms with van der Waals surface area (Å²) in [5.74, 6) is 0.957. The lowest BCUT2D eigenvalue weighted by molar-refractivity contribution is 0.154. The number of halogens is 1. The Bertz CT molecular complexity index is 1640. The number of nitrogens with zero attached hydrogens (tertiary/aromatic N) is 4. The van der Waals surface area contributed by atoms with Crippen molar-refractivity contribution in [3.8, 4) is 11.1 Å². The van der Waals surface area contributed by atoms with Crippen LogP contribution in [-0.4, -0.2) is 48.1 Å². The van der Waals surface area contributed by atoms with Gasteiger partial charge in [0.25, 0.3) is 15.6 Å². The van der Waals surface area contributed by atoms with E-state index in [4.69, 9.17) is 4.98 Å². The van der Waals surface area contributed by atoms with Gasteiger partial charge in [0.2, 0.25) is 0 Å². The maximum absolute atomic E-state index is 13.5. The highest BCUT2D eigenvalue weighted by Crippen LogP contribution is 2.40. The smallest absolute Gasteiger partial charge is 0.275 e. The third-order valence-corrected chi connectivity index (χ3v) is 10.1. The Morgan fingerprint density at radius 3 is 2.28 bits per heavy atom. The molecule has 0 amide bonds. The number of aryl methyl sites for hydroxylation is 2. The fourth-order valence-corrected chi connectivity index (χ4v) is 7.33. The molecule has 0 aliphatic carbocycles. The number of piperidine rings is 2. The van der Waals surface area contributed by atoms with E-state index >= 15 is 0 Å². The van der Waals surface area contributed by atoms with Crippen molar-refractivity contribution in [3.63, 3.8) is 0 Å². The summed E-state index contributed by atoms with van der Waals surface area (Å²) < 4.78 is 29.5. The number of aromatic nitrogens is 3. The lowest BCUT2D eigenvalue weighted by atomic mass is 9.71. The molecule has 0 saturated carbocycles. The molecular formula is C29H34ClN5O3S. The number of rotatable bonds is 4. The highest BCUT2D eigenvalue weighted by atomic mass is 35.5. The van der Waals surface area contributed by atoms with Gasteiger partial charge in [0, 0.05) is 55.2 Å². The third kappa shape index (κ3) is 4.88. The third-order valence-electron chi connectivity index (χ3n) is 8.44. The van der Waals surface area contributed by atoms with Crippen LogP contribution in [0.3, 0.4) is 0 Å². The Hall–Kier alpha value is -3.14. The average Bonchev–Trinajstić information content (AvgIpc) is 3.39. The number of nitrogens with one attached hydrogen (secondary N) is 1. The first kappa shape index (κ1) is 27.4. The molecule has 39 heavy (non-hydrogen) atoms. The zero-order chi connectivity index (χ0) is 26.5. The number of fused-ring (bicyclic) bond motifs is 1. The number of hydrogen-bond acceptors (Lipinski definition) is 6. The first-order chi connectivity index (χ1) is 18.3. The molecule has 1 N–H and O–H groups in total. The number of benzene rings is 1. The van der Waals surface area contributed by atoms with Gasteiger partial charge >= 0.3 is 0 Å². The SMILES string of the molecule is Cc1ccc(S(=O)(=O)n2ccc3c(-c4ccc(N5CCC6(CCNCC6)CC5)nc4)cn(C)c(=O)c32)cc1.Cl. The molecule has 0 bridgehead atoms. The second-order valence-electron chi connectivity index (χ2n) is 10.8. The summed E-state index contributed by atoms with van der Waals surface area (Å²) in [6.45, 7) is 6.16. The molecule has 2 fully saturated rings. The topological polar surface area (TPSA) is 89.2 Å². The Morgan fingerprint density at radius 2 is 1.64 bits per heavy atom. The molecule has 2 aliphatic rings. The number of anilines is 1. The minimum atomic E-state index is -3.93. The molecule has 0 atom stereocenters. The summed E-state index contributed by atoms with van der Waals surface area (Å²) in [6, 6.07) is 12.4. The lowest BCUT2D eigenvalue weighted by Crippen LogP contribution is -2.45. The highest BCUT2D eigenvalue weighted by Gasteiger charge is 2.35. The van der Waals surface area contributed by atoms with Crippen molar-refractivity contribution in [1.82, 2.24) is 18.8 Å². The van der Waals surface area contributed by atoms with E-state index in [0.29, 0.717) is 10.8 Å². The van der Waals surface area contributed by atoms with Crippen LogP contribution < -0.4 is 15.8 Å². The summed E-state index contributed by atoms with van der Waals surface area (Å²) in [4.78, 5) is 20.5. The van der Waals surface area contributed by atoms with E-state index in [0.717, 1.165) is 52.7 Å². The maximum atomic E-state index is 13.5. The molecule has 206 valence electrons. The van der Waals surface area contributed by atoms with Crippen molar-refractivity contribution in [3.05, 3.63) is 77.0 Å². The van der Waals surface area contributed by atoms with Crippen molar-refractivity contribution >= 4 is 39.2 Å². The standard InChI is InChI=1S/C29H33N5O3S.ClH/c1-21-3-6-23(7-4-21)38(36,37)34-16-9-24-25(20-32(2)28(35)27(24)34)22-5-8-26(31-19-22)33-17-12-29(13-18-33)10-14-30-15-11-29;/h3-9,16,19-20,30H,10-15,17-18H2,1-2H3;1H. The summed E-state index contributed by atoms with van der Waals surface area (Å²) in [7, 11) is -2.29. The normalized spacial score (nSPS) is 17.3. The van der Waals surface area contributed by atoms with Crippen LogP contribution in [0.2, 0.25) is 0 Å². The van der Waals surface area contributed by atoms with Gasteiger partial charge in [0.05, 0.1) is 4.90 Å².